The second-order valence-electron chi connectivity index (χ2n) is 6.67. The number of nitrogens with zero attached hydrogens (tertiary/aromatic N) is 1. The van der Waals surface area contributed by atoms with Gasteiger partial charge in [-0.3, -0.25) is 4.79 Å². The minimum absolute atomic E-state index is 0.0631. The summed E-state index contributed by atoms with van der Waals surface area (Å²) in [7, 11) is -3.63. The van der Waals surface area contributed by atoms with E-state index in [9.17, 15) is 13.2 Å². The molecule has 3 atom stereocenters. The summed E-state index contributed by atoms with van der Waals surface area (Å²) >= 11 is 0. The summed E-state index contributed by atoms with van der Waals surface area (Å²) in [4.78, 5) is 13.0. The molecule has 132 valence electrons. The number of sulfonamides is 1. The van der Waals surface area contributed by atoms with Crippen LogP contribution in [0.15, 0.2) is 35.2 Å². The molecule has 0 saturated carbocycles. The van der Waals surface area contributed by atoms with Crippen LogP contribution in [0.5, 0.6) is 0 Å². The maximum absolute atomic E-state index is 12.8. The van der Waals surface area contributed by atoms with Crippen LogP contribution < -0.4 is 10.6 Å². The Labute approximate surface area is 143 Å². The van der Waals surface area contributed by atoms with E-state index in [2.05, 4.69) is 17.6 Å². The number of carbonyl (C=O) groups excluding carboxylic acids is 1. The van der Waals surface area contributed by atoms with Gasteiger partial charge in [0.05, 0.1) is 4.90 Å². The van der Waals surface area contributed by atoms with Crippen molar-refractivity contribution in [1.29, 1.82) is 0 Å². The van der Waals surface area contributed by atoms with E-state index >= 15 is 0 Å². The van der Waals surface area contributed by atoms with Crippen molar-refractivity contribution in [3.63, 3.8) is 0 Å². The molecule has 24 heavy (non-hydrogen) atoms. The van der Waals surface area contributed by atoms with Crippen molar-refractivity contribution in [3.05, 3.63) is 30.3 Å². The first-order chi connectivity index (χ1) is 11.5. The molecule has 1 aromatic rings. The van der Waals surface area contributed by atoms with Crippen LogP contribution in [0.25, 0.3) is 0 Å². The molecular formula is C17H25N3O3S. The van der Waals surface area contributed by atoms with E-state index < -0.39 is 16.1 Å². The molecule has 0 aliphatic carbocycles. The zero-order chi connectivity index (χ0) is 17.2. The van der Waals surface area contributed by atoms with Gasteiger partial charge in [0, 0.05) is 19.1 Å². The van der Waals surface area contributed by atoms with E-state index in [1.807, 2.05) is 0 Å². The zero-order valence-corrected chi connectivity index (χ0v) is 14.8. The van der Waals surface area contributed by atoms with Crippen molar-refractivity contribution in [3.8, 4) is 0 Å². The summed E-state index contributed by atoms with van der Waals surface area (Å²) in [5, 5.41) is 6.34. The van der Waals surface area contributed by atoms with Gasteiger partial charge in [0.1, 0.15) is 6.04 Å². The summed E-state index contributed by atoms with van der Waals surface area (Å²) < 4.78 is 27.0. The Kier molecular flexibility index (Phi) is 5.22. The third-order valence-corrected chi connectivity index (χ3v) is 6.93. The fourth-order valence-electron chi connectivity index (χ4n) is 3.48. The highest BCUT2D eigenvalue weighted by Crippen LogP contribution is 2.26. The molecule has 7 heteroatoms. The number of carbonyl (C=O) groups is 1. The van der Waals surface area contributed by atoms with Crippen molar-refractivity contribution in [2.24, 2.45) is 5.92 Å². The molecule has 6 nitrogen and oxygen atoms in total. The van der Waals surface area contributed by atoms with Gasteiger partial charge in [-0.05, 0) is 43.9 Å². The first-order valence-corrected chi connectivity index (χ1v) is 10.0. The SMILES string of the molecule is CC1CCNCC1NC(=O)C1CCCN1S(=O)(=O)c1ccccc1. The van der Waals surface area contributed by atoms with Crippen LogP contribution in [0.4, 0.5) is 0 Å². The number of rotatable bonds is 4. The summed E-state index contributed by atoms with van der Waals surface area (Å²) in [6.45, 7) is 4.23. The third kappa shape index (κ3) is 3.48. The maximum atomic E-state index is 12.8. The fraction of sp³-hybridized carbons (Fsp3) is 0.588. The molecule has 2 N–H and O–H groups in total. The molecule has 2 heterocycles. The van der Waals surface area contributed by atoms with E-state index in [1.54, 1.807) is 30.3 Å². The van der Waals surface area contributed by atoms with Gasteiger partial charge < -0.3 is 10.6 Å². The topological polar surface area (TPSA) is 78.5 Å². The minimum atomic E-state index is -3.63. The molecule has 3 rings (SSSR count). The lowest BCUT2D eigenvalue weighted by molar-refractivity contribution is -0.125. The van der Waals surface area contributed by atoms with Crippen LogP contribution in [0.1, 0.15) is 26.2 Å². The molecule has 2 aliphatic heterocycles. The number of hydrogen-bond acceptors (Lipinski definition) is 4. The first kappa shape index (κ1) is 17.4. The lowest BCUT2D eigenvalue weighted by Crippen LogP contribution is -2.55. The highest BCUT2D eigenvalue weighted by atomic mass is 32.2. The van der Waals surface area contributed by atoms with Crippen molar-refractivity contribution >= 4 is 15.9 Å². The number of nitrogens with one attached hydrogen (secondary N) is 2. The Morgan fingerprint density at radius 2 is 2.00 bits per heavy atom. The van der Waals surface area contributed by atoms with Crippen molar-refractivity contribution in [1.82, 2.24) is 14.9 Å². The quantitative estimate of drug-likeness (QED) is 0.847. The normalized spacial score (nSPS) is 28.6. The number of benzene rings is 1. The van der Waals surface area contributed by atoms with E-state index in [0.29, 0.717) is 25.3 Å². The van der Waals surface area contributed by atoms with Crippen molar-refractivity contribution < 1.29 is 13.2 Å². The van der Waals surface area contributed by atoms with Gasteiger partial charge in [0.25, 0.3) is 0 Å². The molecule has 0 spiro atoms. The molecule has 1 aromatic carbocycles. The highest BCUT2D eigenvalue weighted by molar-refractivity contribution is 7.89. The fourth-order valence-corrected chi connectivity index (χ4v) is 5.16. The molecule has 0 radical (unpaired) electrons. The zero-order valence-electron chi connectivity index (χ0n) is 13.9. The van der Waals surface area contributed by atoms with Crippen LogP contribution in [-0.4, -0.2) is 50.3 Å². The predicted molar refractivity (Wildman–Crippen MR) is 91.9 cm³/mol. The van der Waals surface area contributed by atoms with Crippen LogP contribution in [0.3, 0.4) is 0 Å². The monoisotopic (exact) mass is 351 g/mol. The molecule has 2 saturated heterocycles. The van der Waals surface area contributed by atoms with Gasteiger partial charge in [-0.1, -0.05) is 25.1 Å². The van der Waals surface area contributed by atoms with Crippen LogP contribution in [-0.2, 0) is 14.8 Å². The Morgan fingerprint density at radius 1 is 1.25 bits per heavy atom. The van der Waals surface area contributed by atoms with E-state index in [0.717, 1.165) is 19.5 Å². The van der Waals surface area contributed by atoms with E-state index in [-0.39, 0.29) is 16.8 Å². The Morgan fingerprint density at radius 3 is 2.71 bits per heavy atom. The Balaban J connectivity index is 1.74. The smallest absolute Gasteiger partial charge is 0.243 e. The van der Waals surface area contributed by atoms with Gasteiger partial charge in [-0.25, -0.2) is 8.42 Å². The Bertz CT molecular complexity index is 678. The standard InChI is InChI=1S/C17H25N3O3S/c1-13-9-10-18-12-15(13)19-17(21)16-8-5-11-20(16)24(22,23)14-6-3-2-4-7-14/h2-4,6-7,13,15-16,18H,5,8-12H2,1H3,(H,19,21). The van der Waals surface area contributed by atoms with Crippen LogP contribution in [0, 0.1) is 5.92 Å². The largest absolute Gasteiger partial charge is 0.350 e. The molecular weight excluding hydrogens is 326 g/mol. The first-order valence-electron chi connectivity index (χ1n) is 8.58. The van der Waals surface area contributed by atoms with Crippen molar-refractivity contribution in [2.75, 3.05) is 19.6 Å². The molecule has 0 bridgehead atoms. The van der Waals surface area contributed by atoms with E-state index in [4.69, 9.17) is 0 Å². The third-order valence-electron chi connectivity index (χ3n) is 5.01. The molecule has 2 fully saturated rings. The second kappa shape index (κ2) is 7.21. The summed E-state index contributed by atoms with van der Waals surface area (Å²) in [5.74, 6) is 0.225. The lowest BCUT2D eigenvalue weighted by Gasteiger charge is -2.32. The van der Waals surface area contributed by atoms with Crippen LogP contribution in [0.2, 0.25) is 0 Å². The molecule has 1 amide bonds. The number of piperidine rings is 1. The van der Waals surface area contributed by atoms with Gasteiger partial charge in [0.2, 0.25) is 15.9 Å². The van der Waals surface area contributed by atoms with Gasteiger partial charge in [-0.2, -0.15) is 4.31 Å². The van der Waals surface area contributed by atoms with Gasteiger partial charge >= 0.3 is 0 Å². The second-order valence-corrected chi connectivity index (χ2v) is 8.56. The van der Waals surface area contributed by atoms with Gasteiger partial charge in [0.15, 0.2) is 0 Å². The Hall–Kier alpha value is -1.44. The van der Waals surface area contributed by atoms with E-state index in [1.165, 1.54) is 4.31 Å². The number of hydrogen-bond donors (Lipinski definition) is 2. The molecule has 3 unspecified atom stereocenters. The predicted octanol–water partition coefficient (Wildman–Crippen LogP) is 0.954. The molecule has 2 aliphatic rings. The van der Waals surface area contributed by atoms with Gasteiger partial charge in [-0.15, -0.1) is 0 Å². The van der Waals surface area contributed by atoms with Crippen molar-refractivity contribution in [2.45, 2.75) is 43.2 Å². The maximum Gasteiger partial charge on any atom is 0.243 e. The average Bonchev–Trinajstić information content (AvgIpc) is 3.08. The summed E-state index contributed by atoms with van der Waals surface area (Å²) in [6.07, 6.45) is 2.30. The minimum Gasteiger partial charge on any atom is -0.350 e. The summed E-state index contributed by atoms with van der Waals surface area (Å²) in [5.41, 5.74) is 0. The van der Waals surface area contributed by atoms with Crippen LogP contribution >= 0.6 is 0 Å². The highest BCUT2D eigenvalue weighted by Gasteiger charge is 2.40. The summed E-state index contributed by atoms with van der Waals surface area (Å²) in [6, 6.07) is 7.80. The lowest BCUT2D eigenvalue weighted by atomic mass is 9.94. The average molecular weight is 351 g/mol. The number of amides is 1. The molecule has 0 aromatic heterocycles.